The first kappa shape index (κ1) is 14.3. The number of amides is 2. The van der Waals surface area contributed by atoms with E-state index >= 15 is 0 Å². The number of nitrogens with one attached hydrogen (secondary N) is 1. The lowest BCUT2D eigenvalue weighted by molar-refractivity contribution is -0.128. The quantitative estimate of drug-likeness (QED) is 0.943. The maximum Gasteiger partial charge on any atom is 0.229 e. The fourth-order valence-electron chi connectivity index (χ4n) is 2.50. The molecular formula is C16H15FN2O3. The third kappa shape index (κ3) is 3.16. The molecule has 5 nitrogen and oxygen atoms in total. The van der Waals surface area contributed by atoms with E-state index in [1.807, 2.05) is 0 Å². The molecule has 2 amide bonds. The molecule has 3 rings (SSSR count). The Morgan fingerprint density at radius 3 is 2.95 bits per heavy atom. The van der Waals surface area contributed by atoms with Crippen molar-refractivity contribution in [3.8, 4) is 0 Å². The van der Waals surface area contributed by atoms with E-state index in [0.29, 0.717) is 24.5 Å². The van der Waals surface area contributed by atoms with Crippen molar-refractivity contribution in [3.05, 3.63) is 54.2 Å². The monoisotopic (exact) mass is 302 g/mol. The summed E-state index contributed by atoms with van der Waals surface area (Å²) in [4.78, 5) is 25.7. The van der Waals surface area contributed by atoms with Crippen molar-refractivity contribution in [2.45, 2.75) is 13.0 Å². The minimum absolute atomic E-state index is 0.0872. The summed E-state index contributed by atoms with van der Waals surface area (Å²) in [6, 6.07) is 9.22. The van der Waals surface area contributed by atoms with E-state index in [2.05, 4.69) is 5.32 Å². The van der Waals surface area contributed by atoms with Crippen LogP contribution in [0, 0.1) is 11.7 Å². The van der Waals surface area contributed by atoms with Gasteiger partial charge in [-0.15, -0.1) is 0 Å². The average molecular weight is 302 g/mol. The van der Waals surface area contributed by atoms with Crippen LogP contribution in [0.3, 0.4) is 0 Å². The van der Waals surface area contributed by atoms with Crippen LogP contribution >= 0.6 is 0 Å². The highest BCUT2D eigenvalue weighted by atomic mass is 19.1. The summed E-state index contributed by atoms with van der Waals surface area (Å²) >= 11 is 0. The highest BCUT2D eigenvalue weighted by molar-refractivity contribution is 5.97. The maximum atomic E-state index is 13.1. The SMILES string of the molecule is O=C(Nc1cccc(F)c1)C1CC(=O)N(Cc2ccco2)C1. The van der Waals surface area contributed by atoms with E-state index in [-0.39, 0.29) is 18.2 Å². The van der Waals surface area contributed by atoms with Crippen LogP contribution in [0.15, 0.2) is 47.1 Å². The second-order valence-corrected chi connectivity index (χ2v) is 5.25. The topological polar surface area (TPSA) is 62.6 Å². The van der Waals surface area contributed by atoms with Gasteiger partial charge >= 0.3 is 0 Å². The normalized spacial score (nSPS) is 17.8. The second-order valence-electron chi connectivity index (χ2n) is 5.25. The van der Waals surface area contributed by atoms with Crippen molar-refractivity contribution in [3.63, 3.8) is 0 Å². The van der Waals surface area contributed by atoms with Crippen molar-refractivity contribution in [2.24, 2.45) is 5.92 Å². The zero-order chi connectivity index (χ0) is 15.5. The molecule has 1 aliphatic rings. The van der Waals surface area contributed by atoms with Gasteiger partial charge in [0.1, 0.15) is 11.6 Å². The Balaban J connectivity index is 1.61. The smallest absolute Gasteiger partial charge is 0.229 e. The first-order valence-electron chi connectivity index (χ1n) is 6.98. The summed E-state index contributed by atoms with van der Waals surface area (Å²) in [5, 5.41) is 2.64. The molecule has 1 aromatic carbocycles. The number of nitrogens with zero attached hydrogens (tertiary/aromatic N) is 1. The summed E-state index contributed by atoms with van der Waals surface area (Å²) < 4.78 is 18.3. The first-order chi connectivity index (χ1) is 10.6. The molecule has 6 heteroatoms. The first-order valence-corrected chi connectivity index (χ1v) is 6.98. The van der Waals surface area contributed by atoms with Crippen LogP contribution in [-0.4, -0.2) is 23.3 Å². The van der Waals surface area contributed by atoms with Crippen molar-refractivity contribution >= 4 is 17.5 Å². The summed E-state index contributed by atoms with van der Waals surface area (Å²) in [6.07, 6.45) is 1.70. The van der Waals surface area contributed by atoms with Gasteiger partial charge < -0.3 is 14.6 Å². The van der Waals surface area contributed by atoms with Gasteiger partial charge in [0.2, 0.25) is 11.8 Å². The fraction of sp³-hybridized carbons (Fsp3) is 0.250. The number of likely N-dealkylation sites (tertiary alicyclic amines) is 1. The Kier molecular flexibility index (Phi) is 3.91. The number of carbonyl (C=O) groups is 2. The molecule has 1 aliphatic heterocycles. The Labute approximate surface area is 126 Å². The molecular weight excluding hydrogens is 287 g/mol. The van der Waals surface area contributed by atoms with Gasteiger partial charge in [-0.25, -0.2) is 4.39 Å². The van der Waals surface area contributed by atoms with Crippen LogP contribution in [0.2, 0.25) is 0 Å². The van der Waals surface area contributed by atoms with Crippen LogP contribution in [0.25, 0.3) is 0 Å². The van der Waals surface area contributed by atoms with E-state index in [1.54, 1.807) is 29.4 Å². The van der Waals surface area contributed by atoms with Gasteiger partial charge in [0.05, 0.1) is 18.7 Å². The van der Waals surface area contributed by atoms with Gasteiger partial charge in [-0.3, -0.25) is 9.59 Å². The molecule has 0 spiro atoms. The van der Waals surface area contributed by atoms with Crippen molar-refractivity contribution in [1.82, 2.24) is 4.90 Å². The van der Waals surface area contributed by atoms with Crippen LogP contribution in [0.5, 0.6) is 0 Å². The number of benzene rings is 1. The molecule has 1 fully saturated rings. The number of halogens is 1. The Hall–Kier alpha value is -2.63. The molecule has 0 bridgehead atoms. The van der Waals surface area contributed by atoms with Gasteiger partial charge in [0.25, 0.3) is 0 Å². The molecule has 114 valence electrons. The average Bonchev–Trinajstić information content (AvgIpc) is 3.10. The summed E-state index contributed by atoms with van der Waals surface area (Å²) in [6.45, 7) is 0.691. The van der Waals surface area contributed by atoms with Gasteiger partial charge in [0.15, 0.2) is 0 Å². The zero-order valence-corrected chi connectivity index (χ0v) is 11.8. The van der Waals surface area contributed by atoms with Gasteiger partial charge in [0, 0.05) is 18.7 Å². The van der Waals surface area contributed by atoms with Gasteiger partial charge in [-0.1, -0.05) is 6.07 Å². The second kappa shape index (κ2) is 6.01. The lowest BCUT2D eigenvalue weighted by Crippen LogP contribution is -2.27. The Morgan fingerprint density at radius 2 is 2.23 bits per heavy atom. The summed E-state index contributed by atoms with van der Waals surface area (Å²) in [5.74, 6) is -0.540. The molecule has 2 heterocycles. The van der Waals surface area contributed by atoms with Crippen LogP contribution in [0.1, 0.15) is 12.2 Å². The lowest BCUT2D eigenvalue weighted by Gasteiger charge is -2.15. The molecule has 1 unspecified atom stereocenters. The van der Waals surface area contributed by atoms with Crippen molar-refractivity contribution in [2.75, 3.05) is 11.9 Å². The third-order valence-electron chi connectivity index (χ3n) is 3.60. The number of anilines is 1. The van der Waals surface area contributed by atoms with Crippen LogP contribution in [0.4, 0.5) is 10.1 Å². The molecule has 1 aromatic heterocycles. The summed E-state index contributed by atoms with van der Waals surface area (Å²) in [5.41, 5.74) is 0.391. The number of hydrogen-bond donors (Lipinski definition) is 1. The van der Waals surface area contributed by atoms with E-state index in [9.17, 15) is 14.0 Å². The van der Waals surface area contributed by atoms with E-state index in [4.69, 9.17) is 4.42 Å². The zero-order valence-electron chi connectivity index (χ0n) is 11.8. The van der Waals surface area contributed by atoms with E-state index < -0.39 is 11.7 Å². The maximum absolute atomic E-state index is 13.1. The highest BCUT2D eigenvalue weighted by Crippen LogP contribution is 2.22. The third-order valence-corrected chi connectivity index (χ3v) is 3.60. The van der Waals surface area contributed by atoms with Gasteiger partial charge in [-0.05, 0) is 30.3 Å². The molecule has 1 atom stereocenters. The van der Waals surface area contributed by atoms with Crippen molar-refractivity contribution < 1.29 is 18.4 Å². The standard InChI is InChI=1S/C16H15FN2O3/c17-12-3-1-4-13(8-12)18-16(21)11-7-15(20)19(9-11)10-14-5-2-6-22-14/h1-6,8,11H,7,9-10H2,(H,18,21). The number of hydrogen-bond acceptors (Lipinski definition) is 3. The minimum Gasteiger partial charge on any atom is -0.467 e. The predicted molar refractivity (Wildman–Crippen MR) is 77.3 cm³/mol. The largest absolute Gasteiger partial charge is 0.467 e. The molecule has 0 aliphatic carbocycles. The van der Waals surface area contributed by atoms with E-state index in [1.165, 1.54) is 18.2 Å². The molecule has 1 saturated heterocycles. The number of furan rings is 1. The van der Waals surface area contributed by atoms with Crippen LogP contribution < -0.4 is 5.32 Å². The van der Waals surface area contributed by atoms with Crippen molar-refractivity contribution in [1.29, 1.82) is 0 Å². The van der Waals surface area contributed by atoms with Gasteiger partial charge in [-0.2, -0.15) is 0 Å². The van der Waals surface area contributed by atoms with Crippen LogP contribution in [-0.2, 0) is 16.1 Å². The fourth-order valence-corrected chi connectivity index (χ4v) is 2.50. The van der Waals surface area contributed by atoms with E-state index in [0.717, 1.165) is 0 Å². The molecule has 2 aromatic rings. The molecule has 22 heavy (non-hydrogen) atoms. The minimum atomic E-state index is -0.439. The Morgan fingerprint density at radius 1 is 1.36 bits per heavy atom. The lowest BCUT2D eigenvalue weighted by atomic mass is 10.1. The predicted octanol–water partition coefficient (Wildman–Crippen LogP) is 2.41. The number of carbonyl (C=O) groups excluding carboxylic acids is 2. The molecule has 0 saturated carbocycles. The number of rotatable bonds is 4. The highest BCUT2D eigenvalue weighted by Gasteiger charge is 2.34. The molecule has 1 N–H and O–H groups in total. The molecule has 0 radical (unpaired) electrons. The summed E-state index contributed by atoms with van der Waals surface area (Å²) in [7, 11) is 0. The Bertz CT molecular complexity index is 684.